The number of benzene rings is 1. The van der Waals surface area contributed by atoms with Gasteiger partial charge in [-0.2, -0.15) is 0 Å². The first-order valence-corrected chi connectivity index (χ1v) is 5.36. The third-order valence-electron chi connectivity index (χ3n) is 2.92. The molecule has 0 aromatic heterocycles. The predicted molar refractivity (Wildman–Crippen MR) is 76.4 cm³/mol. The zero-order chi connectivity index (χ0) is 12.3. The van der Waals surface area contributed by atoms with Gasteiger partial charge in [0.05, 0.1) is 0 Å². The summed E-state index contributed by atoms with van der Waals surface area (Å²) in [6.07, 6.45) is 6.39. The van der Waals surface area contributed by atoms with E-state index in [1.54, 1.807) is 6.08 Å². The predicted octanol–water partition coefficient (Wildman–Crippen LogP) is 3.00. The van der Waals surface area contributed by atoms with Crippen LogP contribution in [0.3, 0.4) is 0 Å². The number of hydrogen-bond donors (Lipinski definition) is 0. The zero-order valence-corrected chi connectivity index (χ0v) is 9.97. The number of hydrogen-bond acceptors (Lipinski definition) is 0. The number of rotatable bonds is 4. The summed E-state index contributed by atoms with van der Waals surface area (Å²) < 4.78 is 0. The Kier molecular flexibility index (Phi) is 3.68. The van der Waals surface area contributed by atoms with Crippen LogP contribution in [0.15, 0.2) is 19.7 Å². The van der Waals surface area contributed by atoms with Crippen molar-refractivity contribution >= 4 is 31.4 Å². The van der Waals surface area contributed by atoms with Crippen molar-refractivity contribution < 1.29 is 0 Å². The van der Waals surface area contributed by atoms with Crippen molar-refractivity contribution in [3.63, 3.8) is 0 Å². The van der Waals surface area contributed by atoms with Crippen LogP contribution in [-0.2, 0) is 6.42 Å². The highest BCUT2D eigenvalue weighted by Gasteiger charge is 2.08. The fourth-order valence-corrected chi connectivity index (χ4v) is 2.09. The first kappa shape index (κ1) is 12.3. The van der Waals surface area contributed by atoms with Gasteiger partial charge in [0.25, 0.3) is 0 Å². The molecule has 1 rings (SSSR count). The monoisotopic (exact) mass is 210 g/mol. The van der Waals surface area contributed by atoms with Crippen LogP contribution in [0.5, 0.6) is 0 Å². The van der Waals surface area contributed by atoms with Crippen molar-refractivity contribution in [1.82, 2.24) is 0 Å². The van der Waals surface area contributed by atoms with Crippen LogP contribution >= 0.6 is 0 Å². The fourth-order valence-electron chi connectivity index (χ4n) is 2.09. The topological polar surface area (TPSA) is 0 Å². The Morgan fingerprint density at radius 1 is 0.812 bits per heavy atom. The molecule has 0 fully saturated rings. The van der Waals surface area contributed by atoms with E-state index >= 15 is 0 Å². The minimum Gasteiger partial charge on any atom is -0.0984 e. The van der Waals surface area contributed by atoms with Crippen LogP contribution in [0.25, 0.3) is 31.4 Å². The standard InChI is InChI=1S/C16H18/c1-7-13-11(5)15(9-3)16(10-4)12(6)14(13)8-2/h7-9H,1-3,5-6,10H2,4H3. The van der Waals surface area contributed by atoms with Crippen molar-refractivity contribution in [3.05, 3.63) is 52.4 Å². The van der Waals surface area contributed by atoms with Crippen LogP contribution in [0.2, 0.25) is 0 Å². The minimum atomic E-state index is 0.918. The van der Waals surface area contributed by atoms with Crippen LogP contribution in [0.1, 0.15) is 29.2 Å². The van der Waals surface area contributed by atoms with E-state index in [1.165, 1.54) is 5.56 Å². The third-order valence-corrected chi connectivity index (χ3v) is 2.92. The van der Waals surface area contributed by atoms with Gasteiger partial charge in [0.15, 0.2) is 0 Å². The molecule has 0 heteroatoms. The largest absolute Gasteiger partial charge is 0.0984 e. The van der Waals surface area contributed by atoms with Gasteiger partial charge in [-0.1, -0.05) is 58.0 Å². The second-order valence-corrected chi connectivity index (χ2v) is 3.64. The Bertz CT molecular complexity index is 545. The summed E-state index contributed by atoms with van der Waals surface area (Å²) >= 11 is 0. The third kappa shape index (κ3) is 1.67. The van der Waals surface area contributed by atoms with E-state index in [1.807, 2.05) is 12.2 Å². The maximum atomic E-state index is 4.13. The highest BCUT2D eigenvalue weighted by atomic mass is 14.1. The average Bonchev–Trinajstić information content (AvgIpc) is 2.30. The molecule has 0 N–H and O–H groups in total. The van der Waals surface area contributed by atoms with Gasteiger partial charge < -0.3 is 0 Å². The van der Waals surface area contributed by atoms with E-state index in [9.17, 15) is 0 Å². The van der Waals surface area contributed by atoms with E-state index < -0.39 is 0 Å². The van der Waals surface area contributed by atoms with Gasteiger partial charge in [-0.3, -0.25) is 0 Å². The molecule has 0 saturated carbocycles. The highest BCUT2D eigenvalue weighted by Crippen LogP contribution is 2.10. The maximum Gasteiger partial charge on any atom is -0.0111 e. The molecule has 0 saturated heterocycles. The normalized spacial score (nSPS) is 9.81. The van der Waals surface area contributed by atoms with Gasteiger partial charge in [0.1, 0.15) is 0 Å². The highest BCUT2D eigenvalue weighted by molar-refractivity contribution is 5.71. The molecule has 16 heavy (non-hydrogen) atoms. The summed E-state index contributed by atoms with van der Waals surface area (Å²) in [7, 11) is 0. The van der Waals surface area contributed by atoms with Gasteiger partial charge in [0.2, 0.25) is 0 Å². The Morgan fingerprint density at radius 3 is 1.62 bits per heavy atom. The van der Waals surface area contributed by atoms with E-state index in [2.05, 4.69) is 39.8 Å². The summed E-state index contributed by atoms with van der Waals surface area (Å²) in [5.74, 6) is 0. The summed E-state index contributed by atoms with van der Waals surface area (Å²) in [6.45, 7) is 21.8. The van der Waals surface area contributed by atoms with E-state index in [4.69, 9.17) is 0 Å². The van der Waals surface area contributed by atoms with Gasteiger partial charge in [0, 0.05) is 0 Å². The fraction of sp³-hybridized carbons (Fsp3) is 0.125. The molecular formula is C16H18. The summed E-state index contributed by atoms with van der Waals surface area (Å²) in [5, 5.41) is 1.97. The molecule has 0 radical (unpaired) electrons. The van der Waals surface area contributed by atoms with Crippen molar-refractivity contribution in [3.8, 4) is 0 Å². The second kappa shape index (κ2) is 4.80. The van der Waals surface area contributed by atoms with Gasteiger partial charge in [-0.05, 0) is 39.1 Å². The summed E-state index contributed by atoms with van der Waals surface area (Å²) in [4.78, 5) is 0. The molecule has 0 aliphatic heterocycles. The molecule has 0 unspecified atom stereocenters. The second-order valence-electron chi connectivity index (χ2n) is 3.64. The van der Waals surface area contributed by atoms with Gasteiger partial charge >= 0.3 is 0 Å². The molecule has 0 spiro atoms. The lowest BCUT2D eigenvalue weighted by Gasteiger charge is -2.12. The van der Waals surface area contributed by atoms with Crippen LogP contribution in [-0.4, -0.2) is 0 Å². The van der Waals surface area contributed by atoms with Gasteiger partial charge in [-0.15, -0.1) is 0 Å². The van der Waals surface area contributed by atoms with Crippen LogP contribution in [0, 0.1) is 0 Å². The zero-order valence-electron chi connectivity index (χ0n) is 9.97. The Morgan fingerprint density at radius 2 is 1.25 bits per heavy atom. The molecule has 0 atom stereocenters. The lowest BCUT2D eigenvalue weighted by atomic mass is 9.92. The molecule has 0 nitrogen and oxygen atoms in total. The molecular weight excluding hydrogens is 192 g/mol. The SMILES string of the molecule is C=Cc1c(C=C)c(=C)c(CC)c(C=C)c1=C. The smallest absolute Gasteiger partial charge is 0.0111 e. The van der Waals surface area contributed by atoms with Crippen molar-refractivity contribution in [1.29, 1.82) is 0 Å². The van der Waals surface area contributed by atoms with E-state index in [-0.39, 0.29) is 0 Å². The molecule has 0 amide bonds. The van der Waals surface area contributed by atoms with Gasteiger partial charge in [-0.25, -0.2) is 0 Å². The molecule has 0 aliphatic carbocycles. The maximum absolute atomic E-state index is 4.13. The molecule has 0 aliphatic rings. The lowest BCUT2D eigenvalue weighted by Crippen LogP contribution is -2.24. The molecule has 0 bridgehead atoms. The lowest BCUT2D eigenvalue weighted by molar-refractivity contribution is 1.11. The van der Waals surface area contributed by atoms with Crippen LogP contribution < -0.4 is 10.4 Å². The minimum absolute atomic E-state index is 0.918. The average molecular weight is 210 g/mol. The molecule has 82 valence electrons. The van der Waals surface area contributed by atoms with Crippen molar-refractivity contribution in [2.75, 3.05) is 0 Å². The molecule has 1 aromatic rings. The summed E-state index contributed by atoms with van der Waals surface area (Å²) in [5.41, 5.74) is 4.31. The quantitative estimate of drug-likeness (QED) is 0.716. The van der Waals surface area contributed by atoms with Crippen LogP contribution in [0.4, 0.5) is 0 Å². The molecule has 0 heterocycles. The van der Waals surface area contributed by atoms with Crippen molar-refractivity contribution in [2.24, 2.45) is 0 Å². The first-order valence-electron chi connectivity index (χ1n) is 5.36. The Hall–Kier alpha value is -1.82. The summed E-state index contributed by atoms with van der Waals surface area (Å²) in [6, 6.07) is 0. The molecule has 1 aromatic carbocycles. The Labute approximate surface area is 97.6 Å². The Balaban J connectivity index is 3.97. The first-order chi connectivity index (χ1) is 7.62. The van der Waals surface area contributed by atoms with Crippen molar-refractivity contribution in [2.45, 2.75) is 13.3 Å². The van der Waals surface area contributed by atoms with E-state index in [0.717, 1.165) is 33.5 Å². The van der Waals surface area contributed by atoms with E-state index in [0.29, 0.717) is 0 Å².